The van der Waals surface area contributed by atoms with Crippen molar-refractivity contribution < 1.29 is 0 Å². The summed E-state index contributed by atoms with van der Waals surface area (Å²) in [6.45, 7) is 7.53. The highest BCUT2D eigenvalue weighted by molar-refractivity contribution is 5.79. The summed E-state index contributed by atoms with van der Waals surface area (Å²) in [6.07, 6.45) is 6.06. The molecule has 1 aromatic carbocycles. The highest BCUT2D eigenvalue weighted by atomic mass is 14.9. The molecule has 0 aliphatic rings. The van der Waals surface area contributed by atoms with Crippen LogP contribution in [0, 0.1) is 0 Å². The van der Waals surface area contributed by atoms with Crippen LogP contribution in [0.25, 0.3) is 0 Å². The smallest absolute Gasteiger partial charge is 0.0639 e. The van der Waals surface area contributed by atoms with Gasteiger partial charge in [0.05, 0.1) is 6.54 Å². The molecule has 2 nitrogen and oxygen atoms in total. The van der Waals surface area contributed by atoms with Crippen molar-refractivity contribution in [3.05, 3.63) is 72.1 Å². The Kier molecular flexibility index (Phi) is 4.13. The number of benzene rings is 1. The molecule has 0 radical (unpaired) electrons. The zero-order valence-corrected chi connectivity index (χ0v) is 10.7. The van der Waals surface area contributed by atoms with Crippen molar-refractivity contribution in [1.29, 1.82) is 0 Å². The first-order valence-electron chi connectivity index (χ1n) is 6.08. The fourth-order valence-electron chi connectivity index (χ4n) is 1.79. The summed E-state index contributed by atoms with van der Waals surface area (Å²) in [7, 11) is 0. The molecule has 0 saturated heterocycles. The van der Waals surface area contributed by atoms with Gasteiger partial charge in [0.25, 0.3) is 0 Å². The monoisotopic (exact) mass is 238 g/mol. The van der Waals surface area contributed by atoms with Gasteiger partial charge in [-0.1, -0.05) is 42.5 Å². The largest absolute Gasteiger partial charge is 0.350 e. The van der Waals surface area contributed by atoms with E-state index in [-0.39, 0.29) is 0 Å². The molecular formula is C16H18N2. The van der Waals surface area contributed by atoms with E-state index < -0.39 is 0 Å². The molecule has 0 atom stereocenters. The highest BCUT2D eigenvalue weighted by Crippen LogP contribution is 2.03. The van der Waals surface area contributed by atoms with E-state index >= 15 is 0 Å². The molecule has 2 heteroatoms. The first-order valence-corrected chi connectivity index (χ1v) is 6.08. The summed E-state index contributed by atoms with van der Waals surface area (Å²) in [4.78, 5) is 4.44. The standard InChI is InChI=1S/C16H18N2/c1-14(2)12-18-9-8-16(13-18)11-17-10-15-6-4-3-5-7-15/h3-9,11,13H,1,10,12H2,2H3. The maximum atomic E-state index is 4.44. The van der Waals surface area contributed by atoms with E-state index in [4.69, 9.17) is 0 Å². The molecule has 92 valence electrons. The third kappa shape index (κ3) is 3.74. The Morgan fingerprint density at radius 1 is 1.28 bits per heavy atom. The Morgan fingerprint density at radius 2 is 2.06 bits per heavy atom. The summed E-state index contributed by atoms with van der Waals surface area (Å²) in [5.41, 5.74) is 3.51. The van der Waals surface area contributed by atoms with Crippen molar-refractivity contribution >= 4 is 6.21 Å². The quantitative estimate of drug-likeness (QED) is 0.558. The van der Waals surface area contributed by atoms with E-state index in [0.717, 1.165) is 24.2 Å². The van der Waals surface area contributed by atoms with Gasteiger partial charge in [-0.15, -0.1) is 0 Å². The number of nitrogens with zero attached hydrogens (tertiary/aromatic N) is 2. The van der Waals surface area contributed by atoms with Crippen molar-refractivity contribution in [2.45, 2.75) is 20.0 Å². The maximum Gasteiger partial charge on any atom is 0.0639 e. The summed E-state index contributed by atoms with van der Waals surface area (Å²) in [6, 6.07) is 12.3. The topological polar surface area (TPSA) is 17.3 Å². The number of aliphatic imine (C=N–C) groups is 1. The number of hydrogen-bond acceptors (Lipinski definition) is 1. The summed E-state index contributed by atoms with van der Waals surface area (Å²) in [5, 5.41) is 0. The van der Waals surface area contributed by atoms with Crippen LogP contribution in [0.5, 0.6) is 0 Å². The summed E-state index contributed by atoms with van der Waals surface area (Å²) in [5.74, 6) is 0. The van der Waals surface area contributed by atoms with Gasteiger partial charge in [0.15, 0.2) is 0 Å². The Morgan fingerprint density at radius 3 is 2.78 bits per heavy atom. The minimum Gasteiger partial charge on any atom is -0.350 e. The second kappa shape index (κ2) is 6.01. The van der Waals surface area contributed by atoms with E-state index in [9.17, 15) is 0 Å². The second-order valence-electron chi connectivity index (χ2n) is 4.53. The van der Waals surface area contributed by atoms with Gasteiger partial charge in [-0.3, -0.25) is 4.99 Å². The fraction of sp³-hybridized carbons (Fsp3) is 0.188. The molecule has 0 fully saturated rings. The van der Waals surface area contributed by atoms with Crippen molar-refractivity contribution in [2.75, 3.05) is 0 Å². The molecule has 0 bridgehead atoms. The lowest BCUT2D eigenvalue weighted by Gasteiger charge is -1.99. The molecule has 0 saturated carbocycles. The number of hydrogen-bond donors (Lipinski definition) is 0. The molecule has 0 amide bonds. The average Bonchev–Trinajstić information content (AvgIpc) is 2.77. The van der Waals surface area contributed by atoms with Crippen LogP contribution < -0.4 is 0 Å². The molecule has 0 N–H and O–H groups in total. The molecule has 1 heterocycles. The van der Waals surface area contributed by atoms with E-state index in [0.29, 0.717) is 0 Å². The lowest BCUT2D eigenvalue weighted by Crippen LogP contribution is -1.93. The van der Waals surface area contributed by atoms with Gasteiger partial charge in [-0.25, -0.2) is 0 Å². The number of allylic oxidation sites excluding steroid dienone is 1. The SMILES string of the molecule is C=C(C)Cn1ccc(C=NCc2ccccc2)c1. The Bertz CT molecular complexity index is 535. The van der Waals surface area contributed by atoms with Crippen LogP contribution in [0.4, 0.5) is 0 Å². The molecule has 0 aliphatic heterocycles. The first kappa shape index (κ1) is 12.4. The van der Waals surface area contributed by atoms with Crippen molar-refractivity contribution in [2.24, 2.45) is 4.99 Å². The Labute approximate surface area is 108 Å². The van der Waals surface area contributed by atoms with Crippen LogP contribution in [0.1, 0.15) is 18.1 Å². The fourth-order valence-corrected chi connectivity index (χ4v) is 1.79. The van der Waals surface area contributed by atoms with Crippen LogP contribution in [0.15, 0.2) is 65.9 Å². The molecule has 0 spiro atoms. The average molecular weight is 238 g/mol. The van der Waals surface area contributed by atoms with E-state index in [1.165, 1.54) is 5.56 Å². The van der Waals surface area contributed by atoms with Gasteiger partial charge in [-0.05, 0) is 18.6 Å². The molecular weight excluding hydrogens is 220 g/mol. The van der Waals surface area contributed by atoms with Gasteiger partial charge in [0, 0.05) is 30.7 Å². The van der Waals surface area contributed by atoms with Crippen molar-refractivity contribution in [1.82, 2.24) is 4.57 Å². The lowest BCUT2D eigenvalue weighted by molar-refractivity contribution is 0.793. The number of rotatable bonds is 5. The third-order valence-electron chi connectivity index (χ3n) is 2.58. The van der Waals surface area contributed by atoms with Crippen molar-refractivity contribution in [3.63, 3.8) is 0 Å². The predicted octanol–water partition coefficient (Wildman–Crippen LogP) is 3.68. The van der Waals surface area contributed by atoms with E-state index in [1.807, 2.05) is 31.3 Å². The Balaban J connectivity index is 1.93. The van der Waals surface area contributed by atoms with Crippen LogP contribution in [0.2, 0.25) is 0 Å². The minimum atomic E-state index is 0.729. The molecule has 1 aromatic heterocycles. The lowest BCUT2D eigenvalue weighted by atomic mass is 10.2. The van der Waals surface area contributed by atoms with Gasteiger partial charge in [-0.2, -0.15) is 0 Å². The normalized spacial score (nSPS) is 10.9. The first-order chi connectivity index (χ1) is 8.74. The maximum absolute atomic E-state index is 4.44. The zero-order valence-electron chi connectivity index (χ0n) is 10.7. The van der Waals surface area contributed by atoms with Crippen LogP contribution in [0.3, 0.4) is 0 Å². The summed E-state index contributed by atoms with van der Waals surface area (Å²) >= 11 is 0. The molecule has 2 rings (SSSR count). The van der Waals surface area contributed by atoms with E-state index in [1.54, 1.807) is 0 Å². The molecule has 0 unspecified atom stereocenters. The summed E-state index contributed by atoms with van der Waals surface area (Å²) < 4.78 is 2.12. The van der Waals surface area contributed by atoms with Crippen LogP contribution in [-0.4, -0.2) is 10.8 Å². The molecule has 0 aliphatic carbocycles. The molecule has 2 aromatic rings. The minimum absolute atomic E-state index is 0.729. The van der Waals surface area contributed by atoms with E-state index in [2.05, 4.69) is 46.7 Å². The third-order valence-corrected chi connectivity index (χ3v) is 2.58. The van der Waals surface area contributed by atoms with Gasteiger partial charge >= 0.3 is 0 Å². The Hall–Kier alpha value is -2.09. The highest BCUT2D eigenvalue weighted by Gasteiger charge is 1.94. The van der Waals surface area contributed by atoms with Crippen LogP contribution in [-0.2, 0) is 13.1 Å². The predicted molar refractivity (Wildman–Crippen MR) is 77.0 cm³/mol. The molecule has 18 heavy (non-hydrogen) atoms. The van der Waals surface area contributed by atoms with Gasteiger partial charge in [0.1, 0.15) is 0 Å². The van der Waals surface area contributed by atoms with Gasteiger partial charge in [0.2, 0.25) is 0 Å². The second-order valence-corrected chi connectivity index (χ2v) is 4.53. The van der Waals surface area contributed by atoms with Crippen molar-refractivity contribution in [3.8, 4) is 0 Å². The number of aromatic nitrogens is 1. The zero-order chi connectivity index (χ0) is 12.8. The van der Waals surface area contributed by atoms with Crippen LogP contribution >= 0.6 is 0 Å². The van der Waals surface area contributed by atoms with Gasteiger partial charge < -0.3 is 4.57 Å².